The van der Waals surface area contributed by atoms with Gasteiger partial charge in [-0.05, 0) is 30.2 Å². The maximum absolute atomic E-state index is 8.43. The molecule has 0 bridgehead atoms. The molecule has 1 aromatic heterocycles. The van der Waals surface area contributed by atoms with E-state index in [1.165, 1.54) is 22.2 Å². The number of hydrogen-bond donors (Lipinski definition) is 1. The Balaban J connectivity index is 2.62. The van der Waals surface area contributed by atoms with Crippen molar-refractivity contribution in [3.8, 4) is 6.19 Å². The molecule has 0 radical (unpaired) electrons. The van der Waals surface area contributed by atoms with E-state index in [1.807, 2.05) is 12.4 Å². The normalized spacial score (nSPS) is 11.1. The van der Waals surface area contributed by atoms with E-state index in [2.05, 4.69) is 28.7 Å². The van der Waals surface area contributed by atoms with E-state index in [4.69, 9.17) is 5.26 Å². The molecule has 0 aromatic carbocycles. The van der Waals surface area contributed by atoms with Gasteiger partial charge in [-0.15, -0.1) is 11.3 Å². The Kier molecular flexibility index (Phi) is 4.50. The van der Waals surface area contributed by atoms with Gasteiger partial charge >= 0.3 is 0 Å². The number of thioether (sulfide) groups is 1. The smallest absolute Gasteiger partial charge is 0.183 e. The molecule has 0 aliphatic rings. The maximum Gasteiger partial charge on any atom is 0.183 e. The van der Waals surface area contributed by atoms with Crippen molar-refractivity contribution in [3.05, 3.63) is 21.9 Å². The molecule has 0 aliphatic heterocycles. The Labute approximate surface area is 91.9 Å². The zero-order chi connectivity index (χ0) is 10.4. The van der Waals surface area contributed by atoms with Crippen LogP contribution in [-0.2, 0) is 6.54 Å². The van der Waals surface area contributed by atoms with Crippen LogP contribution in [0.1, 0.15) is 10.4 Å². The first kappa shape index (κ1) is 11.1. The van der Waals surface area contributed by atoms with Crippen molar-refractivity contribution in [2.75, 3.05) is 6.26 Å². The maximum atomic E-state index is 8.43. The zero-order valence-electron chi connectivity index (χ0n) is 8.07. The molecule has 3 nitrogen and oxygen atoms in total. The predicted octanol–water partition coefficient (Wildman–Crippen LogP) is 2.35. The largest absolute Gasteiger partial charge is 0.272 e. The number of hydrogen-bond acceptors (Lipinski definition) is 4. The SMILES string of the molecule is CSC(=NCc1sccc1C)NC#N. The molecule has 14 heavy (non-hydrogen) atoms. The predicted molar refractivity (Wildman–Crippen MR) is 62.5 cm³/mol. The summed E-state index contributed by atoms with van der Waals surface area (Å²) in [6.07, 6.45) is 3.76. The summed E-state index contributed by atoms with van der Waals surface area (Å²) >= 11 is 3.14. The summed E-state index contributed by atoms with van der Waals surface area (Å²) in [6, 6.07) is 2.08. The molecule has 0 saturated heterocycles. The van der Waals surface area contributed by atoms with Gasteiger partial charge < -0.3 is 0 Å². The third-order valence-corrected chi connectivity index (χ3v) is 3.32. The van der Waals surface area contributed by atoms with Gasteiger partial charge in [0.05, 0.1) is 6.54 Å². The third-order valence-electron chi connectivity index (χ3n) is 1.69. The van der Waals surface area contributed by atoms with Crippen molar-refractivity contribution in [2.24, 2.45) is 4.99 Å². The first-order chi connectivity index (χ1) is 6.77. The molecule has 0 amide bonds. The minimum absolute atomic E-state index is 0.647. The van der Waals surface area contributed by atoms with Gasteiger partial charge in [0.1, 0.15) is 0 Å². The zero-order valence-corrected chi connectivity index (χ0v) is 9.71. The molecule has 1 heterocycles. The molecule has 1 rings (SSSR count). The highest BCUT2D eigenvalue weighted by atomic mass is 32.2. The van der Waals surface area contributed by atoms with E-state index in [0.717, 1.165) is 0 Å². The lowest BCUT2D eigenvalue weighted by Gasteiger charge is -1.99. The highest BCUT2D eigenvalue weighted by Gasteiger charge is 1.99. The Morgan fingerprint density at radius 1 is 1.79 bits per heavy atom. The van der Waals surface area contributed by atoms with E-state index in [0.29, 0.717) is 11.7 Å². The van der Waals surface area contributed by atoms with Crippen molar-refractivity contribution < 1.29 is 0 Å². The molecular formula is C9H11N3S2. The average molecular weight is 225 g/mol. The second-order valence-electron chi connectivity index (χ2n) is 2.59. The number of nitrogens with zero attached hydrogens (tertiary/aromatic N) is 2. The molecule has 0 spiro atoms. The topological polar surface area (TPSA) is 48.2 Å². The summed E-state index contributed by atoms with van der Waals surface area (Å²) < 4.78 is 0. The summed E-state index contributed by atoms with van der Waals surface area (Å²) in [6.45, 7) is 2.71. The molecule has 1 aromatic rings. The van der Waals surface area contributed by atoms with Crippen LogP contribution in [0.25, 0.3) is 0 Å². The summed E-state index contributed by atoms with van der Waals surface area (Å²) in [5, 5.41) is 13.7. The molecule has 0 saturated carbocycles. The fraction of sp³-hybridized carbons (Fsp3) is 0.333. The van der Waals surface area contributed by atoms with Crippen molar-refractivity contribution in [3.63, 3.8) is 0 Å². The van der Waals surface area contributed by atoms with E-state index >= 15 is 0 Å². The van der Waals surface area contributed by atoms with E-state index in [-0.39, 0.29) is 0 Å². The van der Waals surface area contributed by atoms with Crippen LogP contribution in [0.2, 0.25) is 0 Å². The van der Waals surface area contributed by atoms with Gasteiger partial charge in [-0.3, -0.25) is 10.3 Å². The summed E-state index contributed by atoms with van der Waals surface area (Å²) in [4.78, 5) is 5.54. The highest BCUT2D eigenvalue weighted by molar-refractivity contribution is 8.13. The Morgan fingerprint density at radius 3 is 3.07 bits per heavy atom. The standard InChI is InChI=1S/C9H11N3S2/c1-7-3-4-14-8(7)5-11-9(13-2)12-6-10/h3-4H,5H2,1-2H3,(H,11,12). The van der Waals surface area contributed by atoms with Crippen molar-refractivity contribution in [1.82, 2.24) is 5.32 Å². The molecular weight excluding hydrogens is 214 g/mol. The Morgan fingerprint density at radius 2 is 2.57 bits per heavy atom. The fourth-order valence-corrected chi connectivity index (χ4v) is 2.08. The van der Waals surface area contributed by atoms with Gasteiger partial charge in [-0.1, -0.05) is 11.8 Å². The molecule has 1 N–H and O–H groups in total. The van der Waals surface area contributed by atoms with Gasteiger partial charge in [0.25, 0.3) is 0 Å². The fourth-order valence-electron chi connectivity index (χ4n) is 0.913. The van der Waals surface area contributed by atoms with Crippen LogP contribution in [0.3, 0.4) is 0 Å². The minimum atomic E-state index is 0.647. The first-order valence-electron chi connectivity index (χ1n) is 4.04. The summed E-state index contributed by atoms with van der Waals surface area (Å²) in [7, 11) is 0. The number of nitriles is 1. The number of amidine groups is 1. The van der Waals surface area contributed by atoms with E-state index in [1.54, 1.807) is 11.3 Å². The highest BCUT2D eigenvalue weighted by Crippen LogP contribution is 2.16. The second kappa shape index (κ2) is 5.68. The number of thiophene rings is 1. The summed E-state index contributed by atoms with van der Waals surface area (Å²) in [5.74, 6) is 0. The van der Waals surface area contributed by atoms with Gasteiger partial charge in [-0.25, -0.2) is 0 Å². The molecule has 5 heteroatoms. The third kappa shape index (κ3) is 3.05. The van der Waals surface area contributed by atoms with Gasteiger partial charge in [0.2, 0.25) is 0 Å². The molecule has 0 fully saturated rings. The number of nitrogens with one attached hydrogen (secondary N) is 1. The van der Waals surface area contributed by atoms with Gasteiger partial charge in [-0.2, -0.15) is 5.26 Å². The van der Waals surface area contributed by atoms with E-state index < -0.39 is 0 Å². The number of rotatable bonds is 2. The Hall–Kier alpha value is -0.990. The quantitative estimate of drug-likeness (QED) is 0.364. The van der Waals surface area contributed by atoms with Crippen molar-refractivity contribution in [2.45, 2.75) is 13.5 Å². The minimum Gasteiger partial charge on any atom is -0.272 e. The first-order valence-corrected chi connectivity index (χ1v) is 6.15. The van der Waals surface area contributed by atoms with Crippen LogP contribution in [0.15, 0.2) is 16.4 Å². The average Bonchev–Trinajstić information content (AvgIpc) is 2.59. The monoisotopic (exact) mass is 225 g/mol. The van der Waals surface area contributed by atoms with Gasteiger partial charge in [0, 0.05) is 4.88 Å². The van der Waals surface area contributed by atoms with Crippen LogP contribution in [0.5, 0.6) is 0 Å². The lowest BCUT2D eigenvalue weighted by molar-refractivity contribution is 1.07. The molecule has 0 aliphatic carbocycles. The van der Waals surface area contributed by atoms with Crippen molar-refractivity contribution >= 4 is 28.3 Å². The lowest BCUT2D eigenvalue weighted by atomic mass is 10.3. The van der Waals surface area contributed by atoms with Crippen LogP contribution in [0.4, 0.5) is 0 Å². The van der Waals surface area contributed by atoms with Crippen LogP contribution >= 0.6 is 23.1 Å². The van der Waals surface area contributed by atoms with Crippen molar-refractivity contribution in [1.29, 1.82) is 5.26 Å². The second-order valence-corrected chi connectivity index (χ2v) is 4.38. The van der Waals surface area contributed by atoms with Gasteiger partial charge in [0.15, 0.2) is 11.4 Å². The molecule has 0 unspecified atom stereocenters. The molecule has 0 atom stereocenters. The van der Waals surface area contributed by atoms with Crippen LogP contribution < -0.4 is 5.32 Å². The number of aryl methyl sites for hydroxylation is 1. The Bertz CT molecular complexity index is 362. The van der Waals surface area contributed by atoms with Crippen LogP contribution in [-0.4, -0.2) is 11.4 Å². The van der Waals surface area contributed by atoms with Crippen LogP contribution in [0, 0.1) is 18.4 Å². The molecule has 74 valence electrons. The number of aliphatic imine (C=N–C) groups is 1. The summed E-state index contributed by atoms with van der Waals surface area (Å²) in [5.41, 5.74) is 1.26. The van der Waals surface area contributed by atoms with E-state index in [9.17, 15) is 0 Å². The lowest BCUT2D eigenvalue weighted by Crippen LogP contribution is -2.13.